The van der Waals surface area contributed by atoms with Gasteiger partial charge in [-0.2, -0.15) is 8.78 Å². The van der Waals surface area contributed by atoms with E-state index in [1.165, 1.54) is 36.4 Å². The minimum atomic E-state index is -2.94. The zero-order valence-electron chi connectivity index (χ0n) is 13.0. The second-order valence-corrected chi connectivity index (χ2v) is 5.20. The van der Waals surface area contributed by atoms with Crippen molar-refractivity contribution in [3.63, 3.8) is 0 Å². The lowest BCUT2D eigenvalue weighted by Gasteiger charge is -2.07. The number of hydrogen-bond donors (Lipinski definition) is 0. The van der Waals surface area contributed by atoms with Gasteiger partial charge in [-0.1, -0.05) is 0 Å². The summed E-state index contributed by atoms with van der Waals surface area (Å²) in [5.74, 6) is -0.549. The fourth-order valence-corrected chi connectivity index (χ4v) is 2.31. The Morgan fingerprint density at radius 3 is 2.40 bits per heavy atom. The summed E-state index contributed by atoms with van der Waals surface area (Å²) in [6.45, 7) is -1.16. The topological polar surface area (TPSA) is 65.7 Å². The van der Waals surface area contributed by atoms with Crippen LogP contribution in [0.4, 0.5) is 8.78 Å². The van der Waals surface area contributed by atoms with Crippen LogP contribution in [-0.4, -0.2) is 12.6 Å². The van der Waals surface area contributed by atoms with Gasteiger partial charge in [0.25, 0.3) is 0 Å². The number of esters is 1. The van der Waals surface area contributed by atoms with E-state index in [1.54, 1.807) is 19.1 Å². The van der Waals surface area contributed by atoms with Crippen molar-refractivity contribution in [1.82, 2.24) is 0 Å². The zero-order chi connectivity index (χ0) is 18.0. The highest BCUT2D eigenvalue weighted by Crippen LogP contribution is 2.23. The average Bonchev–Trinajstić information content (AvgIpc) is 2.54. The minimum absolute atomic E-state index is 0.0606. The van der Waals surface area contributed by atoms with Gasteiger partial charge in [-0.15, -0.1) is 0 Å². The fraction of sp³-hybridized carbons (Fsp3) is 0.111. The maximum absolute atomic E-state index is 12.1. The first kappa shape index (κ1) is 16.6. The summed E-state index contributed by atoms with van der Waals surface area (Å²) in [4.78, 5) is 23.5. The molecular formula is C18H12F2O5. The quantitative estimate of drug-likeness (QED) is 0.407. The molecule has 3 rings (SSSR count). The van der Waals surface area contributed by atoms with E-state index < -0.39 is 18.2 Å². The normalized spacial score (nSPS) is 10.9. The summed E-state index contributed by atoms with van der Waals surface area (Å²) in [5, 5.41) is 0.730. The molecule has 25 heavy (non-hydrogen) atoms. The molecule has 0 amide bonds. The van der Waals surface area contributed by atoms with Crippen LogP contribution in [0.15, 0.2) is 57.7 Å². The summed E-state index contributed by atoms with van der Waals surface area (Å²) in [6, 6.07) is 11.2. The third-order valence-corrected chi connectivity index (χ3v) is 3.45. The predicted molar refractivity (Wildman–Crippen MR) is 85.3 cm³/mol. The number of halogens is 2. The van der Waals surface area contributed by atoms with Crippen LogP contribution < -0.4 is 15.1 Å². The van der Waals surface area contributed by atoms with Crippen LogP contribution in [0.2, 0.25) is 0 Å². The molecule has 1 heterocycles. The number of carbonyl (C=O) groups is 1. The van der Waals surface area contributed by atoms with Gasteiger partial charge in [0.1, 0.15) is 17.1 Å². The number of rotatable bonds is 4. The van der Waals surface area contributed by atoms with Crippen molar-refractivity contribution in [1.29, 1.82) is 0 Å². The number of alkyl halides is 2. The lowest BCUT2D eigenvalue weighted by Crippen LogP contribution is -2.09. The molecule has 0 N–H and O–H groups in total. The zero-order valence-corrected chi connectivity index (χ0v) is 13.0. The standard InChI is InChI=1S/C18H12F2O5/c1-10-8-16(21)25-15-9-13(6-7-14(10)15)23-17(22)11-2-4-12(5-3-11)24-18(19)20/h2-9,18H,1H3. The molecule has 0 spiro atoms. The van der Waals surface area contributed by atoms with Gasteiger partial charge >= 0.3 is 18.2 Å². The first-order chi connectivity index (χ1) is 11.9. The van der Waals surface area contributed by atoms with E-state index in [0.717, 1.165) is 10.9 Å². The van der Waals surface area contributed by atoms with Gasteiger partial charge in [0.2, 0.25) is 0 Å². The Hall–Kier alpha value is -3.22. The van der Waals surface area contributed by atoms with Crippen molar-refractivity contribution in [2.75, 3.05) is 0 Å². The van der Waals surface area contributed by atoms with Gasteiger partial charge in [0.15, 0.2) is 0 Å². The van der Waals surface area contributed by atoms with Gasteiger partial charge in [0.05, 0.1) is 5.56 Å². The highest BCUT2D eigenvalue weighted by molar-refractivity contribution is 5.92. The number of aryl methyl sites for hydroxylation is 1. The number of ether oxygens (including phenoxy) is 2. The van der Waals surface area contributed by atoms with Crippen LogP contribution in [0.5, 0.6) is 11.5 Å². The molecule has 0 aliphatic heterocycles. The second-order valence-electron chi connectivity index (χ2n) is 5.20. The van der Waals surface area contributed by atoms with Crippen LogP contribution in [0, 0.1) is 6.92 Å². The van der Waals surface area contributed by atoms with Crippen molar-refractivity contribution in [2.24, 2.45) is 0 Å². The van der Waals surface area contributed by atoms with E-state index in [2.05, 4.69) is 4.74 Å². The third kappa shape index (κ3) is 3.82. The largest absolute Gasteiger partial charge is 0.435 e. The van der Waals surface area contributed by atoms with Gasteiger partial charge in [0, 0.05) is 17.5 Å². The van der Waals surface area contributed by atoms with Gasteiger partial charge in [-0.3, -0.25) is 0 Å². The summed E-state index contributed by atoms with van der Waals surface area (Å²) in [6.07, 6.45) is 0. The van der Waals surface area contributed by atoms with Crippen molar-refractivity contribution in [3.05, 3.63) is 70.1 Å². The van der Waals surface area contributed by atoms with E-state index in [4.69, 9.17) is 9.15 Å². The van der Waals surface area contributed by atoms with Crippen molar-refractivity contribution in [2.45, 2.75) is 13.5 Å². The molecule has 0 saturated heterocycles. The fourth-order valence-electron chi connectivity index (χ4n) is 2.31. The lowest BCUT2D eigenvalue weighted by atomic mass is 10.1. The van der Waals surface area contributed by atoms with Gasteiger partial charge in [-0.25, -0.2) is 9.59 Å². The van der Waals surface area contributed by atoms with E-state index in [-0.39, 0.29) is 17.1 Å². The Morgan fingerprint density at radius 2 is 1.72 bits per heavy atom. The molecule has 5 nitrogen and oxygen atoms in total. The summed E-state index contributed by atoms with van der Waals surface area (Å²) >= 11 is 0. The minimum Gasteiger partial charge on any atom is -0.435 e. The SMILES string of the molecule is Cc1cc(=O)oc2cc(OC(=O)c3ccc(OC(F)F)cc3)ccc12. The molecule has 2 aromatic carbocycles. The first-order valence-electron chi connectivity index (χ1n) is 7.24. The summed E-state index contributed by atoms with van der Waals surface area (Å²) in [7, 11) is 0. The van der Waals surface area contributed by atoms with E-state index in [0.29, 0.717) is 5.58 Å². The van der Waals surface area contributed by atoms with Crippen LogP contribution >= 0.6 is 0 Å². The molecule has 0 aliphatic rings. The molecule has 0 saturated carbocycles. The van der Waals surface area contributed by atoms with Crippen LogP contribution in [0.3, 0.4) is 0 Å². The first-order valence-corrected chi connectivity index (χ1v) is 7.24. The third-order valence-electron chi connectivity index (χ3n) is 3.45. The molecule has 0 bridgehead atoms. The van der Waals surface area contributed by atoms with Gasteiger partial charge in [-0.05, 0) is 48.9 Å². The van der Waals surface area contributed by atoms with Crippen molar-refractivity contribution < 1.29 is 27.5 Å². The smallest absolute Gasteiger partial charge is 0.387 e. The molecule has 128 valence electrons. The highest BCUT2D eigenvalue weighted by atomic mass is 19.3. The molecule has 3 aromatic rings. The van der Waals surface area contributed by atoms with Crippen molar-refractivity contribution in [3.8, 4) is 11.5 Å². The molecule has 0 unspecified atom stereocenters. The number of fused-ring (bicyclic) bond motifs is 1. The number of benzene rings is 2. The molecule has 7 heteroatoms. The Labute approximate surface area is 140 Å². The average molecular weight is 346 g/mol. The Balaban J connectivity index is 1.80. The highest BCUT2D eigenvalue weighted by Gasteiger charge is 2.12. The van der Waals surface area contributed by atoms with Crippen molar-refractivity contribution >= 4 is 16.9 Å². The van der Waals surface area contributed by atoms with Gasteiger partial charge < -0.3 is 13.9 Å². The number of hydrogen-bond acceptors (Lipinski definition) is 5. The second kappa shape index (κ2) is 6.72. The van der Waals surface area contributed by atoms with E-state index in [9.17, 15) is 18.4 Å². The van der Waals surface area contributed by atoms with Crippen LogP contribution in [0.25, 0.3) is 11.0 Å². The lowest BCUT2D eigenvalue weighted by molar-refractivity contribution is -0.0498. The Morgan fingerprint density at radius 1 is 1.04 bits per heavy atom. The Bertz CT molecular complexity index is 977. The molecule has 0 radical (unpaired) electrons. The summed E-state index contributed by atoms with van der Waals surface area (Å²) in [5.41, 5.74) is 0.713. The molecular weight excluding hydrogens is 334 g/mol. The molecule has 0 atom stereocenters. The maximum atomic E-state index is 12.1. The summed E-state index contributed by atoms with van der Waals surface area (Å²) < 4.78 is 38.7. The number of carbonyl (C=O) groups excluding carboxylic acids is 1. The van der Waals surface area contributed by atoms with E-state index in [1.807, 2.05) is 0 Å². The van der Waals surface area contributed by atoms with Crippen LogP contribution in [0.1, 0.15) is 15.9 Å². The van der Waals surface area contributed by atoms with E-state index >= 15 is 0 Å². The maximum Gasteiger partial charge on any atom is 0.387 e. The predicted octanol–water partition coefficient (Wildman–Crippen LogP) is 3.92. The Kier molecular flexibility index (Phi) is 4.47. The van der Waals surface area contributed by atoms with Crippen LogP contribution in [-0.2, 0) is 0 Å². The monoisotopic (exact) mass is 346 g/mol. The molecule has 0 aliphatic carbocycles. The molecule has 0 fully saturated rings. The molecule has 1 aromatic heterocycles.